The van der Waals surface area contributed by atoms with E-state index in [0.717, 1.165) is 18.0 Å². The molecule has 1 rings (SSSR count). The fourth-order valence-electron chi connectivity index (χ4n) is 1.78. The highest BCUT2D eigenvalue weighted by Gasteiger charge is 2.07. The van der Waals surface area contributed by atoms with Crippen molar-refractivity contribution >= 4 is 15.8 Å². The van der Waals surface area contributed by atoms with E-state index < -0.39 is 0 Å². The second-order valence-corrected chi connectivity index (χ2v) is 5.34. The smallest absolute Gasteiger partial charge is 0.230 e. The number of benzene rings is 1. The molecule has 0 aromatic heterocycles. The third-order valence-corrected chi connectivity index (χ3v) is 3.56. The summed E-state index contributed by atoms with van der Waals surface area (Å²) in [6.45, 7) is 9.75. The van der Waals surface area contributed by atoms with Gasteiger partial charge in [0.05, 0.1) is 6.61 Å². The van der Waals surface area contributed by atoms with Gasteiger partial charge in [-0.05, 0) is 43.5 Å². The summed E-state index contributed by atoms with van der Waals surface area (Å²) in [5, 5.41) is 0. The zero-order valence-electron chi connectivity index (χ0n) is 12.4. The molecule has 110 valence electrons. The van der Waals surface area contributed by atoms with Crippen molar-refractivity contribution < 1.29 is 13.9 Å². The molecule has 0 bridgehead atoms. The van der Waals surface area contributed by atoms with Gasteiger partial charge < -0.3 is 13.9 Å². The molecule has 0 amide bonds. The van der Waals surface area contributed by atoms with Gasteiger partial charge in [-0.3, -0.25) is 0 Å². The van der Waals surface area contributed by atoms with E-state index in [1.807, 2.05) is 32.1 Å². The lowest BCUT2D eigenvalue weighted by atomic mass is 10.1. The van der Waals surface area contributed by atoms with Gasteiger partial charge >= 0.3 is 0 Å². The second kappa shape index (κ2) is 10.8. The zero-order chi connectivity index (χ0) is 14.6. The highest BCUT2D eigenvalue weighted by atomic mass is 28.2. The molecule has 0 aliphatic heterocycles. The Kier molecular flexibility index (Phi) is 9.24. The van der Waals surface area contributed by atoms with Crippen LogP contribution in [0.25, 0.3) is 6.08 Å². The minimum atomic E-state index is -0.0924. The van der Waals surface area contributed by atoms with Gasteiger partial charge in [-0.1, -0.05) is 30.9 Å². The standard InChI is InChI=1S/C16H24O3Si/c1-4-14-8-7-9-15(12-14)13-19-20-11-10-16(17-5-2)18-6-3/h4,7-9,12,16H,1,5-6,10-11,13H2,2-3H3. The lowest BCUT2D eigenvalue weighted by Crippen LogP contribution is -2.18. The first-order chi connectivity index (χ1) is 9.80. The first kappa shape index (κ1) is 17.1. The van der Waals surface area contributed by atoms with E-state index in [-0.39, 0.29) is 6.29 Å². The Bertz CT molecular complexity index is 376. The Hall–Kier alpha value is -0.943. The fourth-order valence-corrected chi connectivity index (χ4v) is 2.55. The first-order valence-electron chi connectivity index (χ1n) is 7.09. The summed E-state index contributed by atoms with van der Waals surface area (Å²) in [4.78, 5) is 0. The molecule has 0 saturated heterocycles. The Balaban J connectivity index is 2.18. The van der Waals surface area contributed by atoms with Crippen LogP contribution in [0.15, 0.2) is 30.8 Å². The van der Waals surface area contributed by atoms with Gasteiger partial charge in [-0.15, -0.1) is 0 Å². The van der Waals surface area contributed by atoms with Gasteiger partial charge in [0.1, 0.15) is 0 Å². The maximum absolute atomic E-state index is 5.71. The van der Waals surface area contributed by atoms with Crippen molar-refractivity contribution in [2.75, 3.05) is 13.2 Å². The Morgan fingerprint density at radius 1 is 1.25 bits per heavy atom. The van der Waals surface area contributed by atoms with Crippen molar-refractivity contribution in [1.29, 1.82) is 0 Å². The van der Waals surface area contributed by atoms with E-state index in [9.17, 15) is 0 Å². The average Bonchev–Trinajstić information content (AvgIpc) is 2.47. The van der Waals surface area contributed by atoms with E-state index in [0.29, 0.717) is 29.6 Å². The maximum atomic E-state index is 5.71. The minimum absolute atomic E-state index is 0.0924. The molecule has 0 heterocycles. The predicted molar refractivity (Wildman–Crippen MR) is 83.5 cm³/mol. The average molecular weight is 292 g/mol. The third kappa shape index (κ3) is 7.00. The summed E-state index contributed by atoms with van der Waals surface area (Å²) in [7, 11) is 0.471. The van der Waals surface area contributed by atoms with Crippen LogP contribution in [0.4, 0.5) is 0 Å². The monoisotopic (exact) mass is 292 g/mol. The molecule has 1 aromatic carbocycles. The predicted octanol–water partition coefficient (Wildman–Crippen LogP) is 3.67. The van der Waals surface area contributed by atoms with Crippen molar-refractivity contribution in [3.63, 3.8) is 0 Å². The van der Waals surface area contributed by atoms with Gasteiger partial charge in [0.15, 0.2) is 6.29 Å². The third-order valence-electron chi connectivity index (χ3n) is 2.71. The number of rotatable bonds is 11. The van der Waals surface area contributed by atoms with Crippen molar-refractivity contribution in [2.45, 2.75) is 39.2 Å². The summed E-state index contributed by atoms with van der Waals surface area (Å²) < 4.78 is 16.7. The van der Waals surface area contributed by atoms with E-state index in [1.54, 1.807) is 0 Å². The van der Waals surface area contributed by atoms with Crippen molar-refractivity contribution in [2.24, 2.45) is 0 Å². The molecule has 0 aliphatic carbocycles. The fraction of sp³-hybridized carbons (Fsp3) is 0.500. The molecule has 20 heavy (non-hydrogen) atoms. The molecule has 0 N–H and O–H groups in total. The molecule has 3 nitrogen and oxygen atoms in total. The quantitative estimate of drug-likeness (QED) is 0.354. The van der Waals surface area contributed by atoms with E-state index in [1.165, 1.54) is 5.56 Å². The largest absolute Gasteiger partial charge is 0.413 e. The second-order valence-electron chi connectivity index (χ2n) is 4.26. The molecule has 2 radical (unpaired) electrons. The van der Waals surface area contributed by atoms with Crippen molar-refractivity contribution in [3.8, 4) is 0 Å². The number of hydrogen-bond acceptors (Lipinski definition) is 3. The summed E-state index contributed by atoms with van der Waals surface area (Å²) in [5.74, 6) is 0. The van der Waals surface area contributed by atoms with E-state index in [4.69, 9.17) is 13.9 Å². The van der Waals surface area contributed by atoms with Crippen LogP contribution in [0.5, 0.6) is 0 Å². The van der Waals surface area contributed by atoms with Crippen molar-refractivity contribution in [3.05, 3.63) is 42.0 Å². The zero-order valence-corrected chi connectivity index (χ0v) is 13.4. The van der Waals surface area contributed by atoms with E-state index in [2.05, 4.69) is 18.7 Å². The summed E-state index contributed by atoms with van der Waals surface area (Å²) >= 11 is 0. The van der Waals surface area contributed by atoms with Crippen LogP contribution in [0, 0.1) is 0 Å². The molecule has 0 fully saturated rings. The highest BCUT2D eigenvalue weighted by molar-refractivity contribution is 6.26. The lowest BCUT2D eigenvalue weighted by molar-refractivity contribution is -0.137. The minimum Gasteiger partial charge on any atom is -0.413 e. The van der Waals surface area contributed by atoms with Gasteiger partial charge in [-0.25, -0.2) is 0 Å². The first-order valence-corrected chi connectivity index (χ1v) is 8.20. The van der Waals surface area contributed by atoms with Gasteiger partial charge in [0.2, 0.25) is 9.76 Å². The van der Waals surface area contributed by atoms with Crippen LogP contribution in [-0.4, -0.2) is 29.3 Å². The molecule has 4 heteroatoms. The van der Waals surface area contributed by atoms with Crippen LogP contribution in [-0.2, 0) is 20.5 Å². The molecular formula is C16H24O3Si. The Morgan fingerprint density at radius 2 is 2.00 bits per heavy atom. The van der Waals surface area contributed by atoms with Gasteiger partial charge in [-0.2, -0.15) is 0 Å². The SMILES string of the molecule is C=Cc1cccc(CO[Si]CCC(OCC)OCC)c1. The highest BCUT2D eigenvalue weighted by Crippen LogP contribution is 2.09. The van der Waals surface area contributed by atoms with Gasteiger partial charge in [0, 0.05) is 13.2 Å². The van der Waals surface area contributed by atoms with Crippen LogP contribution in [0.2, 0.25) is 6.04 Å². The van der Waals surface area contributed by atoms with Gasteiger partial charge in [0.25, 0.3) is 0 Å². The normalized spacial score (nSPS) is 10.9. The Labute approximate surface area is 124 Å². The number of ether oxygens (including phenoxy) is 2. The van der Waals surface area contributed by atoms with E-state index >= 15 is 0 Å². The molecule has 0 aliphatic rings. The van der Waals surface area contributed by atoms with Crippen LogP contribution in [0.3, 0.4) is 0 Å². The topological polar surface area (TPSA) is 27.7 Å². The molecule has 1 aromatic rings. The van der Waals surface area contributed by atoms with Crippen LogP contribution in [0.1, 0.15) is 31.4 Å². The van der Waals surface area contributed by atoms with Crippen molar-refractivity contribution in [1.82, 2.24) is 0 Å². The summed E-state index contributed by atoms with van der Waals surface area (Å²) in [6.07, 6.45) is 2.64. The molecule has 0 unspecified atom stereocenters. The molecule has 0 saturated carbocycles. The summed E-state index contributed by atoms with van der Waals surface area (Å²) in [5.41, 5.74) is 2.31. The molecule has 0 spiro atoms. The molecule has 0 atom stereocenters. The lowest BCUT2D eigenvalue weighted by Gasteiger charge is -2.16. The maximum Gasteiger partial charge on any atom is 0.230 e. The molecular weight excluding hydrogens is 268 g/mol. The number of hydrogen-bond donors (Lipinski definition) is 0. The van der Waals surface area contributed by atoms with Crippen LogP contribution >= 0.6 is 0 Å². The van der Waals surface area contributed by atoms with Crippen LogP contribution < -0.4 is 0 Å². The summed E-state index contributed by atoms with van der Waals surface area (Å²) in [6, 6.07) is 9.19. The Morgan fingerprint density at radius 3 is 2.65 bits per heavy atom.